The fourth-order valence-corrected chi connectivity index (χ4v) is 2.56. The normalized spacial score (nSPS) is 12.2. The van der Waals surface area contributed by atoms with E-state index < -0.39 is 0 Å². The first-order valence-electron chi connectivity index (χ1n) is 7.53. The van der Waals surface area contributed by atoms with Crippen molar-refractivity contribution in [3.05, 3.63) is 77.9 Å². The number of hydrogen-bond donors (Lipinski definition) is 2. The van der Waals surface area contributed by atoms with Crippen LogP contribution < -0.4 is 11.1 Å². The summed E-state index contributed by atoms with van der Waals surface area (Å²) in [5.74, 6) is -0.203. The number of primary amides is 1. The zero-order valence-electron chi connectivity index (χ0n) is 12.8. The van der Waals surface area contributed by atoms with Gasteiger partial charge in [-0.15, -0.1) is 0 Å². The van der Waals surface area contributed by atoms with Crippen molar-refractivity contribution in [2.24, 2.45) is 5.73 Å². The lowest BCUT2D eigenvalue weighted by molar-refractivity contribution is 0.0999. The molecule has 0 fully saturated rings. The number of allylic oxidation sites excluding steroid dienone is 2. The molecule has 0 aromatic heterocycles. The third kappa shape index (κ3) is 4.22. The Morgan fingerprint density at radius 3 is 2.50 bits per heavy atom. The zero-order chi connectivity index (χ0) is 15.8. The molecule has 1 unspecified atom stereocenters. The van der Waals surface area contributed by atoms with Gasteiger partial charge in [-0.25, -0.2) is 0 Å². The molecule has 0 spiro atoms. The summed E-state index contributed by atoms with van der Waals surface area (Å²) in [5, 5.41) is 3.40. The van der Waals surface area contributed by atoms with Gasteiger partial charge in [0.25, 0.3) is 0 Å². The summed E-state index contributed by atoms with van der Waals surface area (Å²) in [5.41, 5.74) is 8.18. The number of hydrogen-bond acceptors (Lipinski definition) is 2. The standard InChI is InChI=1S/C19H22N2O/c1-2-8-15(13-14-21-16-9-4-3-5-10-16)17-11-6-7-12-18(17)19(20)22/h2-12,15,21H,13-14H2,1H3,(H2,20,22)/b8-2+. The van der Waals surface area contributed by atoms with Crippen LogP contribution in [0.5, 0.6) is 0 Å². The third-order valence-electron chi connectivity index (χ3n) is 3.61. The van der Waals surface area contributed by atoms with Crippen LogP contribution in [0.2, 0.25) is 0 Å². The number of nitrogens with one attached hydrogen (secondary N) is 1. The Kier molecular flexibility index (Phi) is 5.78. The molecule has 3 nitrogen and oxygen atoms in total. The molecule has 1 atom stereocenters. The number of anilines is 1. The van der Waals surface area contributed by atoms with Gasteiger partial charge in [0.1, 0.15) is 0 Å². The number of benzene rings is 2. The highest BCUT2D eigenvalue weighted by atomic mass is 16.1. The highest BCUT2D eigenvalue weighted by Gasteiger charge is 2.15. The number of amides is 1. The minimum atomic E-state index is -0.374. The van der Waals surface area contributed by atoms with Crippen LogP contribution in [0.25, 0.3) is 0 Å². The van der Waals surface area contributed by atoms with Gasteiger partial charge >= 0.3 is 0 Å². The molecule has 0 bridgehead atoms. The van der Waals surface area contributed by atoms with Crippen molar-refractivity contribution >= 4 is 11.6 Å². The monoisotopic (exact) mass is 294 g/mol. The van der Waals surface area contributed by atoms with Crippen LogP contribution >= 0.6 is 0 Å². The van der Waals surface area contributed by atoms with Gasteiger partial charge in [-0.2, -0.15) is 0 Å². The number of carbonyl (C=O) groups is 1. The molecule has 0 aliphatic heterocycles. The smallest absolute Gasteiger partial charge is 0.248 e. The van der Waals surface area contributed by atoms with Crippen molar-refractivity contribution in [2.45, 2.75) is 19.3 Å². The minimum absolute atomic E-state index is 0.171. The van der Waals surface area contributed by atoms with E-state index in [0.717, 1.165) is 24.2 Å². The van der Waals surface area contributed by atoms with Crippen LogP contribution in [0.1, 0.15) is 35.2 Å². The van der Waals surface area contributed by atoms with E-state index in [4.69, 9.17) is 5.73 Å². The van der Waals surface area contributed by atoms with Crippen LogP contribution in [-0.2, 0) is 0 Å². The molecule has 0 heterocycles. The minimum Gasteiger partial charge on any atom is -0.385 e. The fourth-order valence-electron chi connectivity index (χ4n) is 2.56. The van der Waals surface area contributed by atoms with Crippen molar-refractivity contribution in [3.8, 4) is 0 Å². The van der Waals surface area contributed by atoms with Gasteiger partial charge in [0.15, 0.2) is 0 Å². The van der Waals surface area contributed by atoms with E-state index in [-0.39, 0.29) is 11.8 Å². The Labute approximate surface area is 131 Å². The average molecular weight is 294 g/mol. The van der Waals surface area contributed by atoms with E-state index in [2.05, 4.69) is 11.4 Å². The Morgan fingerprint density at radius 2 is 1.82 bits per heavy atom. The largest absolute Gasteiger partial charge is 0.385 e. The fraction of sp³-hybridized carbons (Fsp3) is 0.211. The molecule has 2 aromatic rings. The average Bonchev–Trinajstić information content (AvgIpc) is 2.55. The van der Waals surface area contributed by atoms with Crippen molar-refractivity contribution in [2.75, 3.05) is 11.9 Å². The molecule has 2 aromatic carbocycles. The van der Waals surface area contributed by atoms with Crippen LogP contribution in [0.4, 0.5) is 5.69 Å². The number of nitrogens with two attached hydrogens (primary N) is 1. The molecule has 3 N–H and O–H groups in total. The number of carbonyl (C=O) groups excluding carboxylic acids is 1. The molecule has 3 heteroatoms. The number of rotatable bonds is 7. The molecular formula is C19H22N2O. The molecule has 1 amide bonds. The first-order valence-corrected chi connectivity index (χ1v) is 7.53. The van der Waals surface area contributed by atoms with Gasteiger partial charge in [-0.1, -0.05) is 48.6 Å². The van der Waals surface area contributed by atoms with Gasteiger partial charge in [0.05, 0.1) is 0 Å². The van der Waals surface area contributed by atoms with Crippen LogP contribution in [0, 0.1) is 0 Å². The summed E-state index contributed by atoms with van der Waals surface area (Å²) in [6.07, 6.45) is 5.03. The van der Waals surface area contributed by atoms with Gasteiger partial charge in [0.2, 0.25) is 5.91 Å². The second-order valence-electron chi connectivity index (χ2n) is 5.17. The van der Waals surface area contributed by atoms with Gasteiger partial charge < -0.3 is 11.1 Å². The van der Waals surface area contributed by atoms with E-state index in [0.29, 0.717) is 5.56 Å². The highest BCUT2D eigenvalue weighted by molar-refractivity contribution is 5.94. The van der Waals surface area contributed by atoms with E-state index in [1.165, 1.54) is 0 Å². The SMILES string of the molecule is C/C=C/C(CCNc1ccccc1)c1ccccc1C(N)=O. The Bertz CT molecular complexity index is 635. The maximum Gasteiger partial charge on any atom is 0.248 e. The molecule has 0 aliphatic rings. The molecule has 0 aliphatic carbocycles. The topological polar surface area (TPSA) is 55.1 Å². The molecule has 114 valence electrons. The molecule has 0 radical (unpaired) electrons. The van der Waals surface area contributed by atoms with Crippen molar-refractivity contribution in [1.82, 2.24) is 0 Å². The summed E-state index contributed by atoms with van der Waals surface area (Å²) >= 11 is 0. The quantitative estimate of drug-likeness (QED) is 0.760. The van der Waals surface area contributed by atoms with E-state index >= 15 is 0 Å². The predicted molar refractivity (Wildman–Crippen MR) is 92.1 cm³/mol. The summed E-state index contributed by atoms with van der Waals surface area (Å²) in [6, 6.07) is 17.7. The van der Waals surface area contributed by atoms with E-state index in [1.807, 2.05) is 61.5 Å². The summed E-state index contributed by atoms with van der Waals surface area (Å²) in [7, 11) is 0. The Hall–Kier alpha value is -2.55. The van der Waals surface area contributed by atoms with Gasteiger partial charge in [-0.05, 0) is 37.1 Å². The Morgan fingerprint density at radius 1 is 1.14 bits per heavy atom. The van der Waals surface area contributed by atoms with Crippen molar-refractivity contribution < 1.29 is 4.79 Å². The van der Waals surface area contributed by atoms with Crippen LogP contribution in [0.3, 0.4) is 0 Å². The molecule has 2 rings (SSSR count). The summed E-state index contributed by atoms with van der Waals surface area (Å²) in [6.45, 7) is 2.82. The summed E-state index contributed by atoms with van der Waals surface area (Å²) < 4.78 is 0. The summed E-state index contributed by atoms with van der Waals surface area (Å²) in [4.78, 5) is 11.6. The maximum atomic E-state index is 11.6. The first-order chi connectivity index (χ1) is 10.7. The second-order valence-corrected chi connectivity index (χ2v) is 5.17. The van der Waals surface area contributed by atoms with E-state index in [1.54, 1.807) is 6.07 Å². The molecule has 0 saturated carbocycles. The third-order valence-corrected chi connectivity index (χ3v) is 3.61. The van der Waals surface area contributed by atoms with Gasteiger partial charge in [0, 0.05) is 23.7 Å². The van der Waals surface area contributed by atoms with Crippen molar-refractivity contribution in [1.29, 1.82) is 0 Å². The van der Waals surface area contributed by atoms with Gasteiger partial charge in [-0.3, -0.25) is 4.79 Å². The predicted octanol–water partition coefficient (Wildman–Crippen LogP) is 3.95. The van der Waals surface area contributed by atoms with Crippen LogP contribution in [0.15, 0.2) is 66.7 Å². The van der Waals surface area contributed by atoms with Crippen molar-refractivity contribution in [3.63, 3.8) is 0 Å². The molecule has 22 heavy (non-hydrogen) atoms. The van der Waals surface area contributed by atoms with Crippen LogP contribution in [-0.4, -0.2) is 12.5 Å². The lowest BCUT2D eigenvalue weighted by atomic mass is 9.90. The molecule has 0 saturated heterocycles. The maximum absolute atomic E-state index is 11.6. The molecular weight excluding hydrogens is 272 g/mol. The second kappa shape index (κ2) is 8.03. The Balaban J connectivity index is 2.09. The lowest BCUT2D eigenvalue weighted by Gasteiger charge is -2.17. The van der Waals surface area contributed by atoms with E-state index in [9.17, 15) is 4.79 Å². The number of para-hydroxylation sites is 1. The zero-order valence-corrected chi connectivity index (χ0v) is 12.8. The highest BCUT2D eigenvalue weighted by Crippen LogP contribution is 2.25. The lowest BCUT2D eigenvalue weighted by Crippen LogP contribution is -2.16. The first kappa shape index (κ1) is 15.8.